The molecule has 2 aromatic rings. The maximum atomic E-state index is 11.7. The molecule has 22 heavy (non-hydrogen) atoms. The number of ether oxygens (including phenoxy) is 2. The average molecular weight is 299 g/mol. The van der Waals surface area contributed by atoms with E-state index in [1.165, 1.54) is 6.07 Å². The first-order valence-electron chi connectivity index (χ1n) is 6.78. The summed E-state index contributed by atoms with van der Waals surface area (Å²) in [7, 11) is 0. The highest BCUT2D eigenvalue weighted by atomic mass is 16.6. The van der Waals surface area contributed by atoms with Crippen molar-refractivity contribution in [1.82, 2.24) is 4.98 Å². The van der Waals surface area contributed by atoms with E-state index in [4.69, 9.17) is 14.6 Å². The molecule has 0 radical (unpaired) electrons. The Morgan fingerprint density at radius 1 is 1.36 bits per heavy atom. The lowest BCUT2D eigenvalue weighted by molar-refractivity contribution is -0.149. The van der Waals surface area contributed by atoms with E-state index in [0.29, 0.717) is 11.3 Å². The molecule has 0 bridgehead atoms. The van der Waals surface area contributed by atoms with Crippen molar-refractivity contribution in [2.24, 2.45) is 0 Å². The predicted molar refractivity (Wildman–Crippen MR) is 78.8 cm³/mol. The summed E-state index contributed by atoms with van der Waals surface area (Å²) in [5.41, 5.74) is 1.26. The molecule has 112 valence electrons. The van der Waals surface area contributed by atoms with Gasteiger partial charge in [0.1, 0.15) is 11.4 Å². The first kappa shape index (κ1) is 14.1. The number of benzene rings is 1. The highest BCUT2D eigenvalue weighted by Gasteiger charge is 2.23. The second-order valence-corrected chi connectivity index (χ2v) is 4.73. The van der Waals surface area contributed by atoms with Gasteiger partial charge in [0.2, 0.25) is 6.10 Å². The molecule has 6 heteroatoms. The number of carboxylic acid groups (broad SMARTS) is 1. The second kappa shape index (κ2) is 5.48. The number of hydrogen-bond acceptors (Lipinski definition) is 5. The van der Waals surface area contributed by atoms with Gasteiger partial charge < -0.3 is 14.6 Å². The number of nitrogens with zero attached hydrogens (tertiary/aromatic N) is 1. The maximum Gasteiger partial charge on any atom is 0.354 e. The Kier molecular flexibility index (Phi) is 3.50. The molecule has 0 saturated heterocycles. The van der Waals surface area contributed by atoms with E-state index in [-0.39, 0.29) is 12.3 Å². The Balaban J connectivity index is 1.99. The fourth-order valence-electron chi connectivity index (χ4n) is 2.24. The van der Waals surface area contributed by atoms with Gasteiger partial charge >= 0.3 is 11.9 Å². The van der Waals surface area contributed by atoms with Crippen LogP contribution in [-0.2, 0) is 9.53 Å². The van der Waals surface area contributed by atoms with Gasteiger partial charge in [0.15, 0.2) is 0 Å². The molecule has 0 fully saturated rings. The Hall–Kier alpha value is -2.89. The lowest BCUT2D eigenvalue weighted by Crippen LogP contribution is -2.29. The first-order valence-corrected chi connectivity index (χ1v) is 6.78. The monoisotopic (exact) mass is 299 g/mol. The molecule has 0 saturated carbocycles. The normalized spacial score (nSPS) is 16.0. The zero-order valence-corrected chi connectivity index (χ0v) is 11.8. The molecule has 6 nitrogen and oxygen atoms in total. The number of esters is 1. The van der Waals surface area contributed by atoms with Crippen LogP contribution in [0.4, 0.5) is 0 Å². The molecular formula is C16H13NO5. The summed E-state index contributed by atoms with van der Waals surface area (Å²) in [6, 6.07) is 6.61. The third-order valence-corrected chi connectivity index (χ3v) is 3.26. The number of rotatable bonds is 3. The van der Waals surface area contributed by atoms with Crippen molar-refractivity contribution in [1.29, 1.82) is 0 Å². The third kappa shape index (κ3) is 2.50. The Bertz CT molecular complexity index is 796. The SMILES string of the molecule is CCOC(=O)C1C=Cc2cc3ccc(C(=O)O)nc3cc2O1. The van der Waals surface area contributed by atoms with Gasteiger partial charge in [-0.3, -0.25) is 0 Å². The van der Waals surface area contributed by atoms with E-state index in [0.717, 1.165) is 10.9 Å². The van der Waals surface area contributed by atoms with Gasteiger partial charge in [-0.1, -0.05) is 12.1 Å². The number of carboxylic acids is 1. The fraction of sp³-hybridized carbons (Fsp3) is 0.188. The topological polar surface area (TPSA) is 85.7 Å². The van der Waals surface area contributed by atoms with Crippen LogP contribution in [0, 0.1) is 0 Å². The van der Waals surface area contributed by atoms with Crippen LogP contribution in [0.3, 0.4) is 0 Å². The average Bonchev–Trinajstić information content (AvgIpc) is 2.51. The smallest absolute Gasteiger partial charge is 0.354 e. The molecule has 1 aliphatic heterocycles. The number of aromatic nitrogens is 1. The van der Waals surface area contributed by atoms with Crippen molar-refractivity contribution in [2.45, 2.75) is 13.0 Å². The number of carbonyl (C=O) groups excluding carboxylic acids is 1. The van der Waals surface area contributed by atoms with Crippen molar-refractivity contribution in [3.05, 3.63) is 41.6 Å². The number of fused-ring (bicyclic) bond motifs is 2. The van der Waals surface area contributed by atoms with E-state index >= 15 is 0 Å². The molecule has 1 unspecified atom stereocenters. The van der Waals surface area contributed by atoms with Crippen LogP contribution in [0.25, 0.3) is 17.0 Å². The predicted octanol–water partition coefficient (Wildman–Crippen LogP) is 2.27. The van der Waals surface area contributed by atoms with Crippen molar-refractivity contribution in [3.8, 4) is 5.75 Å². The Labute approximate surface area is 126 Å². The molecule has 1 aromatic carbocycles. The van der Waals surface area contributed by atoms with Crippen LogP contribution in [0.15, 0.2) is 30.3 Å². The molecule has 0 spiro atoms. The Morgan fingerprint density at radius 3 is 2.91 bits per heavy atom. The molecule has 0 aliphatic carbocycles. The second-order valence-electron chi connectivity index (χ2n) is 4.73. The summed E-state index contributed by atoms with van der Waals surface area (Å²) in [6.07, 6.45) is 2.61. The van der Waals surface area contributed by atoms with Crippen LogP contribution >= 0.6 is 0 Å². The lowest BCUT2D eigenvalue weighted by atomic mass is 10.1. The van der Waals surface area contributed by atoms with Crippen LogP contribution in [0.5, 0.6) is 5.75 Å². The van der Waals surface area contributed by atoms with Gasteiger partial charge in [-0.25, -0.2) is 14.6 Å². The van der Waals surface area contributed by atoms with E-state index < -0.39 is 18.0 Å². The van der Waals surface area contributed by atoms with E-state index in [9.17, 15) is 9.59 Å². The van der Waals surface area contributed by atoms with Gasteiger partial charge in [0.05, 0.1) is 12.1 Å². The number of hydrogen-bond donors (Lipinski definition) is 1. The summed E-state index contributed by atoms with van der Waals surface area (Å²) >= 11 is 0. The van der Waals surface area contributed by atoms with E-state index in [1.807, 2.05) is 6.07 Å². The van der Waals surface area contributed by atoms with Crippen molar-refractivity contribution in [3.63, 3.8) is 0 Å². The van der Waals surface area contributed by atoms with Crippen molar-refractivity contribution in [2.75, 3.05) is 6.61 Å². The fourth-order valence-corrected chi connectivity index (χ4v) is 2.24. The van der Waals surface area contributed by atoms with E-state index in [2.05, 4.69) is 4.98 Å². The van der Waals surface area contributed by atoms with Crippen molar-refractivity contribution < 1.29 is 24.2 Å². The molecule has 2 heterocycles. The molecule has 0 amide bonds. The van der Waals surface area contributed by atoms with Crippen LogP contribution in [0.1, 0.15) is 23.0 Å². The number of carbonyl (C=O) groups is 2. The van der Waals surface area contributed by atoms with Gasteiger partial charge in [-0.05, 0) is 25.1 Å². The minimum atomic E-state index is -1.09. The molecule has 3 rings (SSSR count). The summed E-state index contributed by atoms with van der Waals surface area (Å²) < 4.78 is 10.5. The molecule has 1 N–H and O–H groups in total. The third-order valence-electron chi connectivity index (χ3n) is 3.26. The summed E-state index contributed by atoms with van der Waals surface area (Å²) in [5, 5.41) is 9.79. The molecular weight excluding hydrogens is 286 g/mol. The molecule has 1 atom stereocenters. The Morgan fingerprint density at radius 2 is 2.18 bits per heavy atom. The van der Waals surface area contributed by atoms with E-state index in [1.54, 1.807) is 31.2 Å². The van der Waals surface area contributed by atoms with Gasteiger partial charge in [0.25, 0.3) is 0 Å². The lowest BCUT2D eigenvalue weighted by Gasteiger charge is -2.20. The van der Waals surface area contributed by atoms with Crippen LogP contribution in [0.2, 0.25) is 0 Å². The van der Waals surface area contributed by atoms with Gasteiger partial charge in [0, 0.05) is 17.0 Å². The van der Waals surface area contributed by atoms with Crippen LogP contribution in [-0.4, -0.2) is 34.7 Å². The minimum absolute atomic E-state index is 0.0410. The van der Waals surface area contributed by atoms with Gasteiger partial charge in [-0.15, -0.1) is 0 Å². The zero-order valence-electron chi connectivity index (χ0n) is 11.8. The van der Waals surface area contributed by atoms with Crippen molar-refractivity contribution >= 4 is 28.9 Å². The highest BCUT2D eigenvalue weighted by molar-refractivity contribution is 5.92. The standard InChI is InChI=1S/C16H13NO5/c1-2-21-16(20)13-6-4-10-7-9-3-5-11(15(18)19)17-12(9)8-14(10)22-13/h3-8,13H,2H2,1H3,(H,18,19). The molecule has 1 aliphatic rings. The summed E-state index contributed by atoms with van der Waals surface area (Å²) in [6.45, 7) is 2.00. The van der Waals surface area contributed by atoms with Gasteiger partial charge in [-0.2, -0.15) is 0 Å². The highest BCUT2D eigenvalue weighted by Crippen LogP contribution is 2.30. The maximum absolute atomic E-state index is 11.7. The summed E-state index contributed by atoms with van der Waals surface area (Å²) in [5.74, 6) is -1.08. The van der Waals surface area contributed by atoms with Crippen LogP contribution < -0.4 is 4.74 Å². The number of pyridine rings is 1. The first-order chi connectivity index (χ1) is 10.6. The number of aromatic carboxylic acids is 1. The molecule has 1 aromatic heterocycles. The largest absolute Gasteiger partial charge is 0.477 e. The minimum Gasteiger partial charge on any atom is -0.477 e. The summed E-state index contributed by atoms with van der Waals surface area (Å²) in [4.78, 5) is 26.8. The quantitative estimate of drug-likeness (QED) is 0.875. The zero-order chi connectivity index (χ0) is 15.7.